The summed E-state index contributed by atoms with van der Waals surface area (Å²) in [5.41, 5.74) is 3.73. The fourth-order valence-corrected chi connectivity index (χ4v) is 4.09. The van der Waals surface area contributed by atoms with Gasteiger partial charge in [0.2, 0.25) is 0 Å². The Morgan fingerprint density at radius 3 is 2.55 bits per heavy atom. The van der Waals surface area contributed by atoms with Crippen molar-refractivity contribution < 1.29 is 9.84 Å². The molecule has 2 aromatic carbocycles. The summed E-state index contributed by atoms with van der Waals surface area (Å²) in [6.07, 6.45) is 1.53. The molecule has 2 N–H and O–H groups in total. The number of ether oxygens (including phenoxy) is 1. The number of benzene rings is 2. The SMILES string of the molecule is O=c1c(-c2ccccc2O)cnc2c(-c3ccc(Cl)cc3)c(CN3CCOCC3)[nH]n12. The molecule has 0 atom stereocenters. The van der Waals surface area contributed by atoms with Crippen molar-refractivity contribution in [2.75, 3.05) is 26.3 Å². The standard InChI is InChI=1S/C23H21ClN4O3/c24-16-7-5-15(6-8-16)21-19(14-27-9-11-31-12-10-27)26-28-22(21)25-13-18(23(28)30)17-3-1-2-4-20(17)29/h1-8,13,26,29H,9-12,14H2. The molecule has 0 bridgehead atoms. The molecular formula is C23H21ClN4O3. The van der Waals surface area contributed by atoms with Gasteiger partial charge in [0.15, 0.2) is 5.65 Å². The third kappa shape index (κ3) is 3.72. The van der Waals surface area contributed by atoms with Gasteiger partial charge in [0, 0.05) is 42.0 Å². The number of halogens is 1. The zero-order chi connectivity index (χ0) is 21.4. The Balaban J connectivity index is 1.69. The molecule has 3 heterocycles. The molecule has 2 aromatic heterocycles. The van der Waals surface area contributed by atoms with Crippen LogP contribution in [-0.2, 0) is 11.3 Å². The van der Waals surface area contributed by atoms with Gasteiger partial charge >= 0.3 is 0 Å². The molecule has 0 aliphatic carbocycles. The van der Waals surface area contributed by atoms with E-state index in [-0.39, 0.29) is 11.3 Å². The van der Waals surface area contributed by atoms with Crippen molar-refractivity contribution in [2.45, 2.75) is 6.54 Å². The lowest BCUT2D eigenvalue weighted by Gasteiger charge is -2.26. The molecule has 1 aliphatic rings. The van der Waals surface area contributed by atoms with E-state index in [0.29, 0.717) is 41.6 Å². The van der Waals surface area contributed by atoms with E-state index < -0.39 is 0 Å². The predicted octanol–water partition coefficient (Wildman–Crippen LogP) is 3.55. The Hall–Kier alpha value is -3.13. The number of H-pyrrole nitrogens is 1. The summed E-state index contributed by atoms with van der Waals surface area (Å²) in [4.78, 5) is 20.2. The Kier molecular flexibility index (Phi) is 5.23. The molecule has 7 nitrogen and oxygen atoms in total. The minimum absolute atomic E-state index is 0.0411. The molecule has 0 amide bonds. The van der Waals surface area contributed by atoms with Crippen molar-refractivity contribution >= 4 is 17.2 Å². The molecule has 31 heavy (non-hydrogen) atoms. The maximum absolute atomic E-state index is 13.4. The Labute approximate surface area is 183 Å². The first-order valence-corrected chi connectivity index (χ1v) is 10.5. The number of nitrogens with zero attached hydrogens (tertiary/aromatic N) is 3. The highest BCUT2D eigenvalue weighted by Crippen LogP contribution is 2.31. The third-order valence-electron chi connectivity index (χ3n) is 5.55. The molecule has 0 spiro atoms. The maximum atomic E-state index is 13.4. The maximum Gasteiger partial charge on any atom is 0.280 e. The minimum Gasteiger partial charge on any atom is -0.507 e. The summed E-state index contributed by atoms with van der Waals surface area (Å²) in [5.74, 6) is 0.0411. The van der Waals surface area contributed by atoms with Crippen LogP contribution in [0.1, 0.15) is 5.69 Å². The molecule has 1 saturated heterocycles. The summed E-state index contributed by atoms with van der Waals surface area (Å²) >= 11 is 6.09. The summed E-state index contributed by atoms with van der Waals surface area (Å²) in [6.45, 7) is 3.65. The van der Waals surface area contributed by atoms with Crippen molar-refractivity contribution in [1.82, 2.24) is 19.5 Å². The van der Waals surface area contributed by atoms with Gasteiger partial charge in [0.25, 0.3) is 5.56 Å². The van der Waals surface area contributed by atoms with Gasteiger partial charge in [0.1, 0.15) is 5.75 Å². The van der Waals surface area contributed by atoms with E-state index in [2.05, 4.69) is 15.0 Å². The highest BCUT2D eigenvalue weighted by atomic mass is 35.5. The zero-order valence-corrected chi connectivity index (χ0v) is 17.5. The first-order valence-electron chi connectivity index (χ1n) is 10.1. The van der Waals surface area contributed by atoms with E-state index in [9.17, 15) is 9.90 Å². The normalized spacial score (nSPS) is 14.9. The number of morpholine rings is 1. The van der Waals surface area contributed by atoms with Gasteiger partial charge in [-0.05, 0) is 23.8 Å². The number of para-hydroxylation sites is 1. The van der Waals surface area contributed by atoms with Gasteiger partial charge in [-0.2, -0.15) is 0 Å². The monoisotopic (exact) mass is 436 g/mol. The largest absolute Gasteiger partial charge is 0.507 e. The third-order valence-corrected chi connectivity index (χ3v) is 5.80. The number of fused-ring (bicyclic) bond motifs is 1. The second kappa shape index (κ2) is 8.19. The van der Waals surface area contributed by atoms with E-state index >= 15 is 0 Å². The van der Waals surface area contributed by atoms with Crippen molar-refractivity contribution in [1.29, 1.82) is 0 Å². The van der Waals surface area contributed by atoms with E-state index in [1.807, 2.05) is 24.3 Å². The van der Waals surface area contributed by atoms with Crippen LogP contribution in [0.15, 0.2) is 59.5 Å². The van der Waals surface area contributed by atoms with Gasteiger partial charge in [-0.3, -0.25) is 14.8 Å². The quantitative estimate of drug-likeness (QED) is 0.511. The number of phenols is 1. The highest BCUT2D eigenvalue weighted by molar-refractivity contribution is 6.30. The number of aromatic nitrogens is 3. The summed E-state index contributed by atoms with van der Waals surface area (Å²) in [7, 11) is 0. The van der Waals surface area contributed by atoms with Crippen LogP contribution < -0.4 is 5.56 Å². The molecule has 4 aromatic rings. The fourth-order valence-electron chi connectivity index (χ4n) is 3.96. The summed E-state index contributed by atoms with van der Waals surface area (Å²) < 4.78 is 6.92. The number of aromatic amines is 1. The molecular weight excluding hydrogens is 416 g/mol. The van der Waals surface area contributed by atoms with E-state index in [1.165, 1.54) is 10.7 Å². The summed E-state index contributed by atoms with van der Waals surface area (Å²) in [6, 6.07) is 14.3. The Morgan fingerprint density at radius 2 is 1.81 bits per heavy atom. The van der Waals surface area contributed by atoms with Crippen LogP contribution in [0.3, 0.4) is 0 Å². The van der Waals surface area contributed by atoms with Crippen LogP contribution in [0.4, 0.5) is 0 Å². The smallest absolute Gasteiger partial charge is 0.280 e. The second-order valence-electron chi connectivity index (χ2n) is 7.51. The van der Waals surface area contributed by atoms with Crippen LogP contribution in [-0.4, -0.2) is 50.9 Å². The molecule has 1 aliphatic heterocycles. The predicted molar refractivity (Wildman–Crippen MR) is 119 cm³/mol. The second-order valence-corrected chi connectivity index (χ2v) is 7.95. The first-order chi connectivity index (χ1) is 15.1. The molecule has 0 saturated carbocycles. The van der Waals surface area contributed by atoms with Gasteiger partial charge in [0.05, 0.1) is 24.5 Å². The molecule has 0 radical (unpaired) electrons. The lowest BCUT2D eigenvalue weighted by molar-refractivity contribution is 0.0337. The highest BCUT2D eigenvalue weighted by Gasteiger charge is 2.21. The average molecular weight is 437 g/mol. The van der Waals surface area contributed by atoms with Gasteiger partial charge < -0.3 is 9.84 Å². The number of nitrogens with one attached hydrogen (secondary N) is 1. The number of hydrogen-bond acceptors (Lipinski definition) is 5. The zero-order valence-electron chi connectivity index (χ0n) is 16.7. The molecule has 1 fully saturated rings. The van der Waals surface area contributed by atoms with Crippen LogP contribution in [0.5, 0.6) is 5.75 Å². The molecule has 8 heteroatoms. The first kappa shape index (κ1) is 19.8. The number of rotatable bonds is 4. The van der Waals surface area contributed by atoms with Gasteiger partial charge in [-0.25, -0.2) is 9.50 Å². The van der Waals surface area contributed by atoms with E-state index in [1.54, 1.807) is 24.3 Å². The van der Waals surface area contributed by atoms with E-state index in [4.69, 9.17) is 16.3 Å². The van der Waals surface area contributed by atoms with Crippen LogP contribution in [0, 0.1) is 0 Å². The molecule has 0 unspecified atom stereocenters. The molecule has 158 valence electrons. The van der Waals surface area contributed by atoms with Crippen molar-refractivity contribution in [3.63, 3.8) is 0 Å². The van der Waals surface area contributed by atoms with Crippen molar-refractivity contribution in [3.8, 4) is 28.0 Å². The van der Waals surface area contributed by atoms with E-state index in [0.717, 1.165) is 29.9 Å². The average Bonchev–Trinajstić information content (AvgIpc) is 3.15. The Bertz CT molecular complexity index is 1290. The lowest BCUT2D eigenvalue weighted by Crippen LogP contribution is -2.35. The summed E-state index contributed by atoms with van der Waals surface area (Å²) in [5, 5.41) is 14.1. The van der Waals surface area contributed by atoms with Crippen molar-refractivity contribution in [2.24, 2.45) is 0 Å². The minimum atomic E-state index is -0.269. The van der Waals surface area contributed by atoms with Crippen LogP contribution >= 0.6 is 11.6 Å². The lowest BCUT2D eigenvalue weighted by atomic mass is 10.0. The van der Waals surface area contributed by atoms with Crippen LogP contribution in [0.2, 0.25) is 5.02 Å². The molecule has 5 rings (SSSR count). The number of phenolic OH excluding ortho intramolecular Hbond substituents is 1. The topological polar surface area (TPSA) is 82.9 Å². The fraction of sp³-hybridized carbons (Fsp3) is 0.217. The van der Waals surface area contributed by atoms with Gasteiger partial charge in [-0.15, -0.1) is 0 Å². The number of aromatic hydroxyl groups is 1. The number of hydrogen-bond donors (Lipinski definition) is 2. The van der Waals surface area contributed by atoms with Gasteiger partial charge in [-0.1, -0.05) is 41.9 Å². The van der Waals surface area contributed by atoms with Crippen LogP contribution in [0.25, 0.3) is 27.9 Å². The van der Waals surface area contributed by atoms with Crippen molar-refractivity contribution in [3.05, 3.63) is 75.8 Å². The Morgan fingerprint density at radius 1 is 1.06 bits per heavy atom.